The molecule has 3 aromatic rings. The lowest BCUT2D eigenvalue weighted by atomic mass is 9.89. The summed E-state index contributed by atoms with van der Waals surface area (Å²) in [6.07, 6.45) is 2.92. The van der Waals surface area contributed by atoms with E-state index in [1.54, 1.807) is 17.6 Å². The van der Waals surface area contributed by atoms with Crippen molar-refractivity contribution in [1.82, 2.24) is 19.9 Å². The predicted molar refractivity (Wildman–Crippen MR) is 126 cm³/mol. The number of carbonyl (C=O) groups is 2. The van der Waals surface area contributed by atoms with Gasteiger partial charge in [0.15, 0.2) is 5.65 Å². The number of rotatable bonds is 5. The van der Waals surface area contributed by atoms with Gasteiger partial charge in [0, 0.05) is 30.0 Å². The molecule has 8 nitrogen and oxygen atoms in total. The summed E-state index contributed by atoms with van der Waals surface area (Å²) < 4.78 is 8.04. The zero-order chi connectivity index (χ0) is 23.7. The van der Waals surface area contributed by atoms with Crippen LogP contribution < -0.4 is 10.6 Å². The van der Waals surface area contributed by atoms with Gasteiger partial charge in [-0.3, -0.25) is 9.59 Å². The zero-order valence-corrected chi connectivity index (χ0v) is 19.8. The fraction of sp³-hybridized carbons (Fsp3) is 0.440. The van der Waals surface area contributed by atoms with E-state index in [0.29, 0.717) is 29.2 Å². The minimum Gasteiger partial charge on any atom is -0.370 e. The van der Waals surface area contributed by atoms with Crippen LogP contribution in [0.4, 0.5) is 5.69 Å². The van der Waals surface area contributed by atoms with Crippen LogP contribution in [0.3, 0.4) is 0 Å². The summed E-state index contributed by atoms with van der Waals surface area (Å²) in [7, 11) is 0. The second-order valence-corrected chi connectivity index (χ2v) is 9.19. The molecule has 3 atom stereocenters. The van der Waals surface area contributed by atoms with Crippen LogP contribution in [0.5, 0.6) is 0 Å². The highest BCUT2D eigenvalue weighted by Gasteiger charge is 2.32. The first-order valence-electron chi connectivity index (χ1n) is 11.4. The van der Waals surface area contributed by atoms with Gasteiger partial charge in [-0.15, -0.1) is 0 Å². The van der Waals surface area contributed by atoms with Crippen LogP contribution in [-0.2, 0) is 9.53 Å². The fourth-order valence-electron chi connectivity index (χ4n) is 4.45. The molecule has 1 aromatic carbocycles. The van der Waals surface area contributed by atoms with Gasteiger partial charge < -0.3 is 15.4 Å². The van der Waals surface area contributed by atoms with Gasteiger partial charge in [0.2, 0.25) is 5.91 Å². The number of benzene rings is 1. The Balaban J connectivity index is 1.55. The maximum Gasteiger partial charge on any atom is 0.261 e. The van der Waals surface area contributed by atoms with Crippen LogP contribution in [0.15, 0.2) is 36.5 Å². The van der Waals surface area contributed by atoms with Gasteiger partial charge in [0.05, 0.1) is 18.4 Å². The summed E-state index contributed by atoms with van der Waals surface area (Å²) in [5.41, 5.74) is 4.35. The molecule has 0 spiro atoms. The fourth-order valence-corrected chi connectivity index (χ4v) is 4.45. The molecule has 2 amide bonds. The Hall–Kier alpha value is -3.26. The van der Waals surface area contributed by atoms with E-state index in [-0.39, 0.29) is 30.1 Å². The van der Waals surface area contributed by atoms with E-state index in [0.717, 1.165) is 23.4 Å². The molecule has 0 radical (unpaired) electrons. The van der Waals surface area contributed by atoms with Crippen molar-refractivity contribution >= 4 is 23.1 Å². The Morgan fingerprint density at radius 3 is 2.70 bits per heavy atom. The summed E-state index contributed by atoms with van der Waals surface area (Å²) in [6, 6.07) is 9.68. The number of aryl methyl sites for hydroxylation is 2. The quantitative estimate of drug-likeness (QED) is 0.614. The lowest BCUT2D eigenvalue weighted by Crippen LogP contribution is -2.43. The number of ether oxygens (including phenoxy) is 1. The molecule has 0 bridgehead atoms. The van der Waals surface area contributed by atoms with Crippen LogP contribution in [0, 0.1) is 19.8 Å². The maximum atomic E-state index is 13.0. The van der Waals surface area contributed by atoms with E-state index in [1.165, 1.54) is 0 Å². The summed E-state index contributed by atoms with van der Waals surface area (Å²) in [4.78, 5) is 29.2. The van der Waals surface area contributed by atoms with Crippen LogP contribution in [0.2, 0.25) is 0 Å². The smallest absolute Gasteiger partial charge is 0.261 e. The molecule has 1 fully saturated rings. The van der Waals surface area contributed by atoms with E-state index >= 15 is 0 Å². The Kier molecular flexibility index (Phi) is 6.47. The third kappa shape index (κ3) is 5.06. The van der Waals surface area contributed by atoms with Crippen LogP contribution in [0.1, 0.15) is 67.0 Å². The first kappa shape index (κ1) is 22.9. The van der Waals surface area contributed by atoms with Gasteiger partial charge in [-0.25, -0.2) is 9.50 Å². The molecular formula is C25H31N5O3. The standard InChI is InChI=1S/C25H31N5O3/c1-14(2)22-11-20(28-17(5)31)12-23(33-22)18-7-6-8-19(10-18)29-25(32)21-13-26-30-16(4)9-15(3)27-24(21)30/h6-10,13-14,20,22-23H,11-12H2,1-5H3,(H,28,31)(H,29,32)/t20-,22-,23+/m1/s1. The average Bonchev–Trinajstić information content (AvgIpc) is 3.17. The second kappa shape index (κ2) is 9.31. The van der Waals surface area contributed by atoms with Gasteiger partial charge >= 0.3 is 0 Å². The number of carbonyl (C=O) groups excluding carboxylic acids is 2. The Labute approximate surface area is 193 Å². The monoisotopic (exact) mass is 449 g/mol. The van der Waals surface area contributed by atoms with E-state index in [4.69, 9.17) is 4.74 Å². The largest absolute Gasteiger partial charge is 0.370 e. The molecular weight excluding hydrogens is 418 g/mol. The number of hydrogen-bond acceptors (Lipinski definition) is 5. The zero-order valence-electron chi connectivity index (χ0n) is 19.8. The number of hydrogen-bond donors (Lipinski definition) is 2. The molecule has 1 saturated heterocycles. The molecule has 8 heteroatoms. The van der Waals surface area contributed by atoms with E-state index in [9.17, 15) is 9.59 Å². The van der Waals surface area contributed by atoms with Crippen molar-refractivity contribution in [3.63, 3.8) is 0 Å². The van der Waals surface area contributed by atoms with E-state index in [1.807, 2.05) is 44.2 Å². The molecule has 4 rings (SSSR count). The van der Waals surface area contributed by atoms with E-state index < -0.39 is 0 Å². The number of fused-ring (bicyclic) bond motifs is 1. The van der Waals surface area contributed by atoms with Gasteiger partial charge in [-0.05, 0) is 56.4 Å². The van der Waals surface area contributed by atoms with Crippen LogP contribution >= 0.6 is 0 Å². The Bertz CT molecular complexity index is 1190. The Morgan fingerprint density at radius 1 is 1.18 bits per heavy atom. The number of amides is 2. The molecule has 0 aliphatic carbocycles. The third-order valence-corrected chi connectivity index (χ3v) is 6.04. The number of nitrogens with one attached hydrogen (secondary N) is 2. The Morgan fingerprint density at radius 2 is 1.97 bits per heavy atom. The molecule has 2 aromatic heterocycles. The average molecular weight is 450 g/mol. The van der Waals surface area contributed by atoms with Gasteiger partial charge in [0.1, 0.15) is 5.56 Å². The third-order valence-electron chi connectivity index (χ3n) is 6.04. The lowest BCUT2D eigenvalue weighted by molar-refractivity contribution is -0.123. The number of anilines is 1. The minimum atomic E-state index is -0.264. The van der Waals surface area contributed by atoms with Gasteiger partial charge in [0.25, 0.3) is 5.91 Å². The lowest BCUT2D eigenvalue weighted by Gasteiger charge is -2.38. The molecule has 33 heavy (non-hydrogen) atoms. The highest BCUT2D eigenvalue weighted by atomic mass is 16.5. The van der Waals surface area contributed by atoms with Crippen molar-refractivity contribution < 1.29 is 14.3 Å². The van der Waals surface area contributed by atoms with Crippen molar-refractivity contribution in [2.24, 2.45) is 5.92 Å². The minimum absolute atomic E-state index is 0.0309. The number of aromatic nitrogens is 3. The summed E-state index contributed by atoms with van der Waals surface area (Å²) in [5.74, 6) is 0.0408. The predicted octanol–water partition coefficient (Wildman–Crippen LogP) is 3.98. The van der Waals surface area contributed by atoms with Crippen molar-refractivity contribution in [3.8, 4) is 0 Å². The molecule has 3 heterocycles. The van der Waals surface area contributed by atoms with Crippen molar-refractivity contribution in [2.45, 2.75) is 65.7 Å². The summed E-state index contributed by atoms with van der Waals surface area (Å²) in [5, 5.41) is 10.3. The normalized spacial score (nSPS) is 20.7. The van der Waals surface area contributed by atoms with Crippen molar-refractivity contribution in [1.29, 1.82) is 0 Å². The summed E-state index contributed by atoms with van der Waals surface area (Å²) >= 11 is 0. The molecule has 1 aliphatic rings. The first-order valence-corrected chi connectivity index (χ1v) is 11.4. The molecule has 0 saturated carbocycles. The molecule has 174 valence electrons. The van der Waals surface area contributed by atoms with Crippen LogP contribution in [-0.4, -0.2) is 38.6 Å². The van der Waals surface area contributed by atoms with E-state index in [2.05, 4.69) is 34.6 Å². The summed E-state index contributed by atoms with van der Waals surface area (Å²) in [6.45, 7) is 9.63. The van der Waals surface area contributed by atoms with Crippen molar-refractivity contribution in [2.75, 3.05) is 5.32 Å². The highest BCUT2D eigenvalue weighted by molar-refractivity contribution is 6.08. The molecule has 0 unspecified atom stereocenters. The van der Waals surface area contributed by atoms with Gasteiger partial charge in [-0.1, -0.05) is 26.0 Å². The first-order chi connectivity index (χ1) is 15.7. The highest BCUT2D eigenvalue weighted by Crippen LogP contribution is 2.35. The molecule has 2 N–H and O–H groups in total. The second-order valence-electron chi connectivity index (χ2n) is 9.19. The SMILES string of the molecule is CC(=O)N[C@H]1C[C@@H](c2cccc(NC(=O)c3cnn4c(C)cc(C)nc34)c2)O[C@@H](C(C)C)C1. The topological polar surface area (TPSA) is 97.6 Å². The maximum absolute atomic E-state index is 13.0. The number of nitrogens with zero attached hydrogens (tertiary/aromatic N) is 3. The molecule has 1 aliphatic heterocycles. The van der Waals surface area contributed by atoms with Crippen LogP contribution in [0.25, 0.3) is 5.65 Å². The van der Waals surface area contributed by atoms with Gasteiger partial charge in [-0.2, -0.15) is 5.10 Å². The van der Waals surface area contributed by atoms with Crippen molar-refractivity contribution in [3.05, 3.63) is 59.0 Å².